The number of sulfone groups is 1. The molecule has 2 aliphatic heterocycles. The summed E-state index contributed by atoms with van der Waals surface area (Å²) in [4.78, 5) is 12.5. The Hall–Kier alpha value is -2.55. The van der Waals surface area contributed by atoms with E-state index in [9.17, 15) is 13.2 Å². The second kappa shape index (κ2) is 6.80. The molecule has 2 unspecified atom stereocenters. The molecule has 1 aromatic carbocycles. The van der Waals surface area contributed by atoms with E-state index in [4.69, 9.17) is 9.47 Å². The quantitative estimate of drug-likeness (QED) is 0.836. The number of ether oxygens (including phenoxy) is 2. The second-order valence-corrected chi connectivity index (χ2v) is 9.47. The Morgan fingerprint density at radius 1 is 1.25 bits per heavy atom. The first-order valence-electron chi connectivity index (χ1n) is 9.14. The molecule has 1 saturated heterocycles. The topological polar surface area (TPSA) is 99.5 Å². The number of methoxy groups -OCH3 is 2. The van der Waals surface area contributed by atoms with Gasteiger partial charge in [-0.05, 0) is 19.4 Å². The predicted octanol–water partition coefficient (Wildman–Crippen LogP) is 2.04. The Balaban J connectivity index is 1.84. The lowest BCUT2D eigenvalue weighted by Gasteiger charge is -2.27. The lowest BCUT2D eigenvalue weighted by molar-refractivity contribution is -0.116. The number of aromatic nitrogens is 2. The molecule has 4 rings (SSSR count). The smallest absolute Gasteiger partial charge is 0.226 e. The highest BCUT2D eigenvalue weighted by Crippen LogP contribution is 2.46. The Morgan fingerprint density at radius 3 is 2.68 bits per heavy atom. The Labute approximate surface area is 163 Å². The van der Waals surface area contributed by atoms with Crippen LogP contribution in [0.5, 0.6) is 11.5 Å². The molecule has 2 aromatic rings. The summed E-state index contributed by atoms with van der Waals surface area (Å²) in [6.07, 6.45) is 0.755. The number of carbonyl (C=O) groups is 1. The highest BCUT2D eigenvalue weighted by molar-refractivity contribution is 7.91. The highest BCUT2D eigenvalue weighted by atomic mass is 32.2. The van der Waals surface area contributed by atoms with E-state index in [-0.39, 0.29) is 35.8 Å². The third kappa shape index (κ3) is 3.03. The zero-order valence-electron chi connectivity index (χ0n) is 16.1. The van der Waals surface area contributed by atoms with E-state index in [0.717, 1.165) is 16.8 Å². The van der Waals surface area contributed by atoms with Gasteiger partial charge in [0.2, 0.25) is 5.91 Å². The van der Waals surface area contributed by atoms with Gasteiger partial charge >= 0.3 is 0 Å². The average Bonchev–Trinajstić information content (AvgIpc) is 3.19. The third-order valence-electron chi connectivity index (χ3n) is 5.49. The van der Waals surface area contributed by atoms with Crippen molar-refractivity contribution in [3.63, 3.8) is 0 Å². The number of benzene rings is 1. The van der Waals surface area contributed by atoms with Gasteiger partial charge in [0.05, 0.1) is 37.5 Å². The first-order chi connectivity index (χ1) is 13.3. The lowest BCUT2D eigenvalue weighted by Crippen LogP contribution is -2.26. The molecule has 0 spiro atoms. The zero-order valence-corrected chi connectivity index (χ0v) is 16.9. The second-order valence-electron chi connectivity index (χ2n) is 7.24. The van der Waals surface area contributed by atoms with Gasteiger partial charge in [-0.2, -0.15) is 5.10 Å². The molecule has 0 saturated carbocycles. The summed E-state index contributed by atoms with van der Waals surface area (Å²) in [6, 6.07) is 5.34. The fourth-order valence-electron chi connectivity index (χ4n) is 4.26. The van der Waals surface area contributed by atoms with Crippen molar-refractivity contribution >= 4 is 21.6 Å². The van der Waals surface area contributed by atoms with Crippen LogP contribution in [-0.2, 0) is 14.6 Å². The third-order valence-corrected chi connectivity index (χ3v) is 7.24. The van der Waals surface area contributed by atoms with Gasteiger partial charge in [0, 0.05) is 23.5 Å². The number of nitrogens with zero attached hydrogens (tertiary/aromatic N) is 2. The number of anilines is 1. The van der Waals surface area contributed by atoms with Crippen LogP contribution in [0.25, 0.3) is 0 Å². The number of hydrogen-bond acceptors (Lipinski definition) is 6. The molecule has 1 amide bonds. The standard InChI is InChI=1S/C19H23N3O5S/c1-11-17-14(13-5-4-6-15(26-2)18(13)27-3)9-16(23)20-19(17)22(21-11)12-7-8-28(24,25)10-12/h4-6,12,14H,7-10H2,1-3H3,(H,20,23). The van der Waals surface area contributed by atoms with Crippen LogP contribution in [0.2, 0.25) is 0 Å². The number of fused-ring (bicyclic) bond motifs is 1. The molecule has 0 radical (unpaired) electrons. The van der Waals surface area contributed by atoms with Gasteiger partial charge in [0.15, 0.2) is 21.3 Å². The van der Waals surface area contributed by atoms with E-state index in [1.54, 1.807) is 18.9 Å². The summed E-state index contributed by atoms with van der Waals surface area (Å²) < 4.78 is 36.5. The van der Waals surface area contributed by atoms with Crippen LogP contribution in [0, 0.1) is 6.92 Å². The van der Waals surface area contributed by atoms with Crippen molar-refractivity contribution in [3.8, 4) is 11.5 Å². The van der Waals surface area contributed by atoms with E-state index in [0.29, 0.717) is 23.7 Å². The predicted molar refractivity (Wildman–Crippen MR) is 104 cm³/mol. The van der Waals surface area contributed by atoms with Gasteiger partial charge in [0.1, 0.15) is 5.82 Å². The number of hydrogen-bond donors (Lipinski definition) is 1. The van der Waals surface area contributed by atoms with Crippen molar-refractivity contribution in [2.45, 2.75) is 31.7 Å². The Bertz CT molecular complexity index is 1040. The van der Waals surface area contributed by atoms with Gasteiger partial charge in [-0.15, -0.1) is 0 Å². The van der Waals surface area contributed by atoms with Crippen molar-refractivity contribution < 1.29 is 22.7 Å². The fourth-order valence-corrected chi connectivity index (χ4v) is 5.95. The zero-order chi connectivity index (χ0) is 20.1. The van der Waals surface area contributed by atoms with E-state index >= 15 is 0 Å². The van der Waals surface area contributed by atoms with E-state index in [2.05, 4.69) is 10.4 Å². The minimum Gasteiger partial charge on any atom is -0.493 e. The highest BCUT2D eigenvalue weighted by Gasteiger charge is 2.38. The van der Waals surface area contributed by atoms with Crippen LogP contribution < -0.4 is 14.8 Å². The maximum atomic E-state index is 12.5. The molecule has 2 atom stereocenters. The van der Waals surface area contributed by atoms with Crippen molar-refractivity contribution in [3.05, 3.63) is 35.0 Å². The summed E-state index contributed by atoms with van der Waals surface area (Å²) in [7, 11) is 0.0782. The molecule has 3 heterocycles. The van der Waals surface area contributed by atoms with E-state index < -0.39 is 9.84 Å². The van der Waals surface area contributed by atoms with E-state index in [1.807, 2.05) is 25.1 Å². The molecule has 2 aliphatic rings. The molecule has 8 nitrogen and oxygen atoms in total. The summed E-state index contributed by atoms with van der Waals surface area (Å²) in [5, 5.41) is 7.53. The molecular formula is C19H23N3O5S. The van der Waals surface area contributed by atoms with Gasteiger partial charge < -0.3 is 14.8 Å². The van der Waals surface area contributed by atoms with Gasteiger partial charge in [-0.3, -0.25) is 4.79 Å². The first kappa shape index (κ1) is 18.8. The van der Waals surface area contributed by atoms with Crippen LogP contribution in [-0.4, -0.2) is 49.8 Å². The Kier molecular flexibility index (Phi) is 4.57. The van der Waals surface area contributed by atoms with Crippen LogP contribution in [0.15, 0.2) is 18.2 Å². The van der Waals surface area contributed by atoms with Crippen molar-refractivity contribution in [1.29, 1.82) is 0 Å². The minimum atomic E-state index is -3.07. The Morgan fingerprint density at radius 2 is 2.04 bits per heavy atom. The number of carbonyl (C=O) groups excluding carboxylic acids is 1. The summed E-state index contributed by atoms with van der Waals surface area (Å²) >= 11 is 0. The molecule has 0 aliphatic carbocycles. The average molecular weight is 405 g/mol. The summed E-state index contributed by atoms with van der Waals surface area (Å²) in [5.74, 6) is 1.58. The van der Waals surface area contributed by atoms with Crippen LogP contribution >= 0.6 is 0 Å². The van der Waals surface area contributed by atoms with Crippen molar-refractivity contribution in [2.24, 2.45) is 0 Å². The number of amides is 1. The largest absolute Gasteiger partial charge is 0.493 e. The van der Waals surface area contributed by atoms with Crippen LogP contribution in [0.4, 0.5) is 5.82 Å². The normalized spacial score (nSPS) is 23.2. The molecule has 1 N–H and O–H groups in total. The van der Waals surface area contributed by atoms with Crippen LogP contribution in [0.1, 0.15) is 41.6 Å². The molecule has 9 heteroatoms. The maximum Gasteiger partial charge on any atom is 0.226 e. The van der Waals surface area contributed by atoms with Crippen molar-refractivity contribution in [2.75, 3.05) is 31.0 Å². The summed E-state index contributed by atoms with van der Waals surface area (Å²) in [5.41, 5.74) is 2.52. The molecule has 1 aromatic heterocycles. The fraction of sp³-hybridized carbons (Fsp3) is 0.474. The van der Waals surface area contributed by atoms with Gasteiger partial charge in [-0.1, -0.05) is 12.1 Å². The SMILES string of the molecule is COc1cccc(C2CC(=O)Nc3c2c(C)nn3C2CCS(=O)(=O)C2)c1OC. The first-order valence-corrected chi connectivity index (χ1v) is 11.0. The number of nitrogens with one attached hydrogen (secondary N) is 1. The lowest BCUT2D eigenvalue weighted by atomic mass is 9.85. The monoisotopic (exact) mass is 405 g/mol. The number of aryl methyl sites for hydroxylation is 1. The molecule has 0 bridgehead atoms. The van der Waals surface area contributed by atoms with Crippen LogP contribution in [0.3, 0.4) is 0 Å². The molecule has 28 heavy (non-hydrogen) atoms. The van der Waals surface area contributed by atoms with Gasteiger partial charge in [0.25, 0.3) is 0 Å². The van der Waals surface area contributed by atoms with Gasteiger partial charge in [-0.25, -0.2) is 13.1 Å². The van der Waals surface area contributed by atoms with E-state index in [1.165, 1.54) is 0 Å². The maximum absolute atomic E-state index is 12.5. The molecule has 1 fully saturated rings. The van der Waals surface area contributed by atoms with Crippen molar-refractivity contribution in [1.82, 2.24) is 9.78 Å². The summed E-state index contributed by atoms with van der Waals surface area (Å²) in [6.45, 7) is 1.88. The molecular weight excluding hydrogens is 382 g/mol. The number of rotatable bonds is 4. The number of para-hydroxylation sites is 1. The molecule has 150 valence electrons. The minimum absolute atomic E-state index is 0.0452.